The van der Waals surface area contributed by atoms with Crippen molar-refractivity contribution in [1.29, 1.82) is 5.26 Å². The van der Waals surface area contributed by atoms with Crippen molar-refractivity contribution in [3.63, 3.8) is 0 Å². The minimum absolute atomic E-state index is 0.367. The second kappa shape index (κ2) is 5.60. The van der Waals surface area contributed by atoms with Crippen molar-refractivity contribution in [2.24, 2.45) is 0 Å². The lowest BCUT2D eigenvalue weighted by Gasteiger charge is -2.34. The van der Waals surface area contributed by atoms with Crippen LogP contribution in [0.25, 0.3) is 0 Å². The van der Waals surface area contributed by atoms with E-state index in [2.05, 4.69) is 27.1 Å². The number of nitrogens with zero attached hydrogens (tertiary/aromatic N) is 4. The van der Waals surface area contributed by atoms with Gasteiger partial charge in [0, 0.05) is 19.1 Å². The first kappa shape index (κ1) is 11.8. The van der Waals surface area contributed by atoms with Crippen molar-refractivity contribution in [2.45, 2.75) is 25.8 Å². The van der Waals surface area contributed by atoms with E-state index >= 15 is 0 Å². The second-order valence-corrected chi connectivity index (χ2v) is 4.16. The average molecular weight is 231 g/mol. The monoisotopic (exact) mass is 231 g/mol. The number of hydrogen-bond donors (Lipinski definition) is 1. The molecule has 1 N–H and O–H groups in total. The van der Waals surface area contributed by atoms with Crippen LogP contribution in [0.4, 0.5) is 5.82 Å². The lowest BCUT2D eigenvalue weighted by atomic mass is 10.1. The van der Waals surface area contributed by atoms with Crippen LogP contribution in [0.3, 0.4) is 0 Å². The SMILES string of the molecule is CCN(c1cnc(C#N)cn1)C1CCCNC1. The van der Waals surface area contributed by atoms with E-state index in [4.69, 9.17) is 5.26 Å². The first-order valence-corrected chi connectivity index (χ1v) is 6.04. The fourth-order valence-corrected chi connectivity index (χ4v) is 2.23. The Bertz CT molecular complexity index is 388. The largest absolute Gasteiger partial charge is 0.351 e. The van der Waals surface area contributed by atoms with Gasteiger partial charge in [0.15, 0.2) is 5.69 Å². The molecule has 0 aromatic carbocycles. The molecule has 17 heavy (non-hydrogen) atoms. The Hall–Kier alpha value is -1.67. The Labute approximate surface area is 101 Å². The summed E-state index contributed by atoms with van der Waals surface area (Å²) >= 11 is 0. The minimum Gasteiger partial charge on any atom is -0.351 e. The summed E-state index contributed by atoms with van der Waals surface area (Å²) < 4.78 is 0. The molecular weight excluding hydrogens is 214 g/mol. The number of hydrogen-bond acceptors (Lipinski definition) is 5. The maximum absolute atomic E-state index is 8.70. The van der Waals surface area contributed by atoms with Gasteiger partial charge in [0.1, 0.15) is 11.9 Å². The number of nitriles is 1. The molecule has 0 amide bonds. The summed E-state index contributed by atoms with van der Waals surface area (Å²) in [6.45, 7) is 5.13. The predicted octanol–water partition coefficient (Wildman–Crippen LogP) is 0.927. The summed E-state index contributed by atoms with van der Waals surface area (Å²) in [5, 5.41) is 12.1. The van der Waals surface area contributed by atoms with E-state index in [-0.39, 0.29) is 0 Å². The lowest BCUT2D eigenvalue weighted by Crippen LogP contribution is -2.46. The zero-order valence-corrected chi connectivity index (χ0v) is 10.1. The third kappa shape index (κ3) is 2.71. The number of aromatic nitrogens is 2. The highest BCUT2D eigenvalue weighted by molar-refractivity contribution is 5.38. The minimum atomic E-state index is 0.367. The number of likely N-dealkylation sites (N-methyl/N-ethyl adjacent to an activating group) is 1. The van der Waals surface area contributed by atoms with Crippen molar-refractivity contribution in [1.82, 2.24) is 15.3 Å². The molecule has 0 saturated carbocycles. The molecule has 1 unspecified atom stereocenters. The molecule has 1 fully saturated rings. The van der Waals surface area contributed by atoms with Crippen LogP contribution in [0, 0.1) is 11.3 Å². The molecule has 1 atom stereocenters. The first-order valence-electron chi connectivity index (χ1n) is 6.04. The van der Waals surface area contributed by atoms with Crippen molar-refractivity contribution < 1.29 is 0 Å². The van der Waals surface area contributed by atoms with Gasteiger partial charge in [0.25, 0.3) is 0 Å². The van der Waals surface area contributed by atoms with Gasteiger partial charge in [-0.05, 0) is 26.3 Å². The lowest BCUT2D eigenvalue weighted by molar-refractivity contribution is 0.433. The van der Waals surface area contributed by atoms with Gasteiger partial charge in [-0.25, -0.2) is 9.97 Å². The second-order valence-electron chi connectivity index (χ2n) is 4.16. The molecule has 1 aliphatic rings. The molecule has 90 valence electrons. The molecule has 0 spiro atoms. The van der Waals surface area contributed by atoms with Crippen LogP contribution in [0.1, 0.15) is 25.5 Å². The van der Waals surface area contributed by atoms with Crippen LogP contribution in [-0.4, -0.2) is 35.6 Å². The third-order valence-corrected chi connectivity index (χ3v) is 3.10. The number of rotatable bonds is 3. The molecular formula is C12H17N5. The molecule has 2 heterocycles. The van der Waals surface area contributed by atoms with E-state index in [0.717, 1.165) is 25.5 Å². The first-order chi connectivity index (χ1) is 8.35. The van der Waals surface area contributed by atoms with Crippen molar-refractivity contribution in [2.75, 3.05) is 24.5 Å². The zero-order valence-electron chi connectivity index (χ0n) is 10.1. The summed E-state index contributed by atoms with van der Waals surface area (Å²) in [5.41, 5.74) is 0.367. The topological polar surface area (TPSA) is 64.8 Å². The van der Waals surface area contributed by atoms with Crippen LogP contribution in [0.5, 0.6) is 0 Å². The summed E-state index contributed by atoms with van der Waals surface area (Å²) in [7, 11) is 0. The maximum atomic E-state index is 8.70. The molecule has 1 aliphatic heterocycles. The molecule has 1 saturated heterocycles. The highest BCUT2D eigenvalue weighted by Crippen LogP contribution is 2.17. The predicted molar refractivity (Wildman–Crippen MR) is 65.7 cm³/mol. The van der Waals surface area contributed by atoms with E-state index < -0.39 is 0 Å². The Balaban J connectivity index is 2.13. The molecule has 2 rings (SSSR count). The van der Waals surface area contributed by atoms with Gasteiger partial charge >= 0.3 is 0 Å². The Kier molecular flexibility index (Phi) is 3.89. The molecule has 1 aromatic heterocycles. The van der Waals surface area contributed by atoms with Gasteiger partial charge in [-0.3, -0.25) is 0 Å². The molecule has 0 bridgehead atoms. The van der Waals surface area contributed by atoms with E-state index in [9.17, 15) is 0 Å². The zero-order chi connectivity index (χ0) is 12.1. The van der Waals surface area contributed by atoms with Crippen LogP contribution in [-0.2, 0) is 0 Å². The van der Waals surface area contributed by atoms with E-state index in [1.807, 2.05) is 6.07 Å². The Morgan fingerprint density at radius 2 is 2.41 bits per heavy atom. The normalized spacial score (nSPS) is 19.6. The smallest absolute Gasteiger partial charge is 0.158 e. The van der Waals surface area contributed by atoms with E-state index in [0.29, 0.717) is 11.7 Å². The summed E-state index contributed by atoms with van der Waals surface area (Å²) in [4.78, 5) is 10.6. The third-order valence-electron chi connectivity index (χ3n) is 3.10. The van der Waals surface area contributed by atoms with Gasteiger partial charge in [-0.1, -0.05) is 0 Å². The summed E-state index contributed by atoms with van der Waals surface area (Å²) in [6.07, 6.45) is 5.61. The van der Waals surface area contributed by atoms with Gasteiger partial charge in [-0.15, -0.1) is 0 Å². The standard InChI is InChI=1S/C12H17N5/c1-2-17(11-4-3-5-14-8-11)12-9-15-10(6-13)7-16-12/h7,9,11,14H,2-5,8H2,1H3. The van der Waals surface area contributed by atoms with Gasteiger partial charge in [-0.2, -0.15) is 5.26 Å². The average Bonchev–Trinajstić information content (AvgIpc) is 2.42. The quantitative estimate of drug-likeness (QED) is 0.838. The van der Waals surface area contributed by atoms with Gasteiger partial charge in [0.05, 0.1) is 12.4 Å². The highest BCUT2D eigenvalue weighted by atomic mass is 15.2. The van der Waals surface area contributed by atoms with E-state index in [1.165, 1.54) is 19.0 Å². The highest BCUT2D eigenvalue weighted by Gasteiger charge is 2.20. The van der Waals surface area contributed by atoms with Crippen molar-refractivity contribution in [3.8, 4) is 6.07 Å². The fraction of sp³-hybridized carbons (Fsp3) is 0.583. The Morgan fingerprint density at radius 1 is 1.53 bits per heavy atom. The molecule has 5 heteroatoms. The van der Waals surface area contributed by atoms with Crippen LogP contribution >= 0.6 is 0 Å². The van der Waals surface area contributed by atoms with E-state index in [1.54, 1.807) is 6.20 Å². The van der Waals surface area contributed by atoms with Gasteiger partial charge < -0.3 is 10.2 Å². The molecule has 5 nitrogen and oxygen atoms in total. The van der Waals surface area contributed by atoms with Gasteiger partial charge in [0.2, 0.25) is 0 Å². The fourth-order valence-electron chi connectivity index (χ4n) is 2.23. The summed E-state index contributed by atoms with van der Waals surface area (Å²) in [6, 6.07) is 2.47. The van der Waals surface area contributed by atoms with Crippen LogP contribution in [0.2, 0.25) is 0 Å². The van der Waals surface area contributed by atoms with Crippen LogP contribution < -0.4 is 10.2 Å². The molecule has 0 aliphatic carbocycles. The number of piperidine rings is 1. The maximum Gasteiger partial charge on any atom is 0.158 e. The number of nitrogens with one attached hydrogen (secondary N) is 1. The van der Waals surface area contributed by atoms with Crippen molar-refractivity contribution >= 4 is 5.82 Å². The molecule has 0 radical (unpaired) electrons. The Morgan fingerprint density at radius 3 is 2.94 bits per heavy atom. The van der Waals surface area contributed by atoms with Crippen molar-refractivity contribution in [3.05, 3.63) is 18.1 Å². The molecule has 1 aromatic rings. The summed E-state index contributed by atoms with van der Waals surface area (Å²) in [5.74, 6) is 0.861. The van der Waals surface area contributed by atoms with Crippen LogP contribution in [0.15, 0.2) is 12.4 Å². The number of anilines is 1.